The van der Waals surface area contributed by atoms with Crippen LogP contribution in [0.1, 0.15) is 13.3 Å². The fourth-order valence-corrected chi connectivity index (χ4v) is 5.68. The molecule has 0 radical (unpaired) electrons. The van der Waals surface area contributed by atoms with Gasteiger partial charge in [0.05, 0.1) is 10.6 Å². The second-order valence-electron chi connectivity index (χ2n) is 6.07. The molecule has 0 unspecified atom stereocenters. The number of benzene rings is 2. The third-order valence-electron chi connectivity index (χ3n) is 3.82. The molecule has 2 aromatic carbocycles. The van der Waals surface area contributed by atoms with E-state index in [1.165, 1.54) is 35.6 Å². The molecule has 30 heavy (non-hydrogen) atoms. The van der Waals surface area contributed by atoms with Crippen LogP contribution in [-0.4, -0.2) is 36.8 Å². The Labute approximate surface area is 188 Å². The zero-order chi connectivity index (χ0) is 21.6. The van der Waals surface area contributed by atoms with Gasteiger partial charge in [0.25, 0.3) is 10.0 Å². The molecule has 0 spiro atoms. The van der Waals surface area contributed by atoms with Crippen LogP contribution in [0.3, 0.4) is 0 Å². The summed E-state index contributed by atoms with van der Waals surface area (Å²) < 4.78 is 28.3. The molecule has 0 saturated heterocycles. The van der Waals surface area contributed by atoms with E-state index < -0.39 is 22.5 Å². The predicted molar refractivity (Wildman–Crippen MR) is 122 cm³/mol. The molecule has 0 fully saturated rings. The molecule has 0 aliphatic heterocycles. The monoisotopic (exact) mass is 482 g/mol. The lowest BCUT2D eigenvalue weighted by Gasteiger charge is -2.23. The topological polar surface area (TPSA) is 92.3 Å². The molecule has 1 amide bonds. The average Bonchev–Trinajstić information content (AvgIpc) is 3.18. The zero-order valence-corrected chi connectivity index (χ0v) is 19.2. The fourth-order valence-electron chi connectivity index (χ4n) is 2.44. The summed E-state index contributed by atoms with van der Waals surface area (Å²) >= 11 is 8.69. The second-order valence-corrected chi connectivity index (χ2v) is 10.7. The van der Waals surface area contributed by atoms with Gasteiger partial charge in [0.2, 0.25) is 11.0 Å². The number of para-hydroxylation sites is 1. The standard InChI is InChI=1S/C19H19ClN4O3S3/c1-2-12-28-19-23-22-18(29-19)21-17(25)13-24(15-6-4-3-5-7-15)30(26,27)16-10-8-14(20)9-11-16/h3-11H,2,12-13H2,1H3,(H,21,22,25). The molecular formula is C19H19ClN4O3S3. The van der Waals surface area contributed by atoms with Crippen molar-refractivity contribution in [2.24, 2.45) is 0 Å². The summed E-state index contributed by atoms with van der Waals surface area (Å²) in [6.07, 6.45) is 1.00. The molecule has 11 heteroatoms. The first kappa shape index (κ1) is 22.5. The Morgan fingerprint density at radius 2 is 1.83 bits per heavy atom. The molecule has 3 rings (SSSR count). The second kappa shape index (κ2) is 10.3. The molecule has 0 aliphatic carbocycles. The van der Waals surface area contributed by atoms with Crippen molar-refractivity contribution in [3.8, 4) is 0 Å². The number of hydrogen-bond acceptors (Lipinski definition) is 7. The number of nitrogens with zero attached hydrogens (tertiary/aromatic N) is 3. The van der Waals surface area contributed by atoms with Crippen LogP contribution in [0.4, 0.5) is 10.8 Å². The van der Waals surface area contributed by atoms with E-state index >= 15 is 0 Å². The maximum atomic E-state index is 13.2. The molecule has 1 aromatic heterocycles. The largest absolute Gasteiger partial charge is 0.299 e. The van der Waals surface area contributed by atoms with E-state index in [-0.39, 0.29) is 4.90 Å². The maximum absolute atomic E-state index is 13.2. The number of rotatable bonds is 9. The van der Waals surface area contributed by atoms with Gasteiger partial charge in [-0.05, 0) is 42.8 Å². The van der Waals surface area contributed by atoms with Gasteiger partial charge in [0.15, 0.2) is 4.34 Å². The SMILES string of the molecule is CCCSc1nnc(NC(=O)CN(c2ccccc2)S(=O)(=O)c2ccc(Cl)cc2)s1. The van der Waals surface area contributed by atoms with Crippen LogP contribution in [0.5, 0.6) is 0 Å². The first-order valence-electron chi connectivity index (χ1n) is 8.99. The predicted octanol–water partition coefficient (Wildman–Crippen LogP) is 4.53. The number of anilines is 2. The summed E-state index contributed by atoms with van der Waals surface area (Å²) in [5, 5.41) is 11.4. The molecule has 1 N–H and O–H groups in total. The van der Waals surface area contributed by atoms with Crippen LogP contribution in [0.25, 0.3) is 0 Å². The molecule has 0 saturated carbocycles. The van der Waals surface area contributed by atoms with Crippen LogP contribution < -0.4 is 9.62 Å². The van der Waals surface area contributed by atoms with Crippen LogP contribution in [0.2, 0.25) is 5.02 Å². The van der Waals surface area contributed by atoms with E-state index in [1.807, 2.05) is 0 Å². The Bertz CT molecular complexity index is 1090. The number of nitrogens with one attached hydrogen (secondary N) is 1. The quantitative estimate of drug-likeness (QED) is 0.356. The van der Waals surface area contributed by atoms with Crippen molar-refractivity contribution >= 4 is 61.4 Å². The number of carbonyl (C=O) groups excluding carboxylic acids is 1. The lowest BCUT2D eigenvalue weighted by atomic mass is 10.3. The minimum Gasteiger partial charge on any atom is -0.299 e. The number of thioether (sulfide) groups is 1. The van der Waals surface area contributed by atoms with Gasteiger partial charge < -0.3 is 0 Å². The Morgan fingerprint density at radius 1 is 1.13 bits per heavy atom. The van der Waals surface area contributed by atoms with E-state index in [2.05, 4.69) is 22.4 Å². The zero-order valence-electron chi connectivity index (χ0n) is 16.0. The Balaban J connectivity index is 1.82. The molecule has 7 nitrogen and oxygen atoms in total. The number of carbonyl (C=O) groups is 1. The minimum absolute atomic E-state index is 0.0396. The summed E-state index contributed by atoms with van der Waals surface area (Å²) in [4.78, 5) is 12.7. The lowest BCUT2D eigenvalue weighted by molar-refractivity contribution is -0.114. The lowest BCUT2D eigenvalue weighted by Crippen LogP contribution is -2.38. The molecule has 0 bridgehead atoms. The number of halogens is 1. The third-order valence-corrected chi connectivity index (χ3v) is 8.03. The van der Waals surface area contributed by atoms with Crippen LogP contribution in [0.15, 0.2) is 63.8 Å². The first-order valence-corrected chi connectivity index (χ1v) is 12.6. The number of amides is 1. The maximum Gasteiger partial charge on any atom is 0.264 e. The summed E-state index contributed by atoms with van der Waals surface area (Å²) in [5.74, 6) is 0.392. The Morgan fingerprint density at radius 3 is 2.50 bits per heavy atom. The summed E-state index contributed by atoms with van der Waals surface area (Å²) in [5.41, 5.74) is 0.374. The summed E-state index contributed by atoms with van der Waals surface area (Å²) in [6, 6.07) is 14.3. The number of sulfonamides is 1. The smallest absolute Gasteiger partial charge is 0.264 e. The van der Waals surface area contributed by atoms with E-state index in [0.717, 1.165) is 20.8 Å². The van der Waals surface area contributed by atoms with Crippen molar-refractivity contribution in [1.82, 2.24) is 10.2 Å². The highest BCUT2D eigenvalue weighted by Crippen LogP contribution is 2.27. The van der Waals surface area contributed by atoms with Crippen molar-refractivity contribution in [2.45, 2.75) is 22.6 Å². The number of aromatic nitrogens is 2. The highest BCUT2D eigenvalue weighted by molar-refractivity contribution is 8.01. The van der Waals surface area contributed by atoms with Crippen LogP contribution >= 0.6 is 34.7 Å². The fraction of sp³-hybridized carbons (Fsp3) is 0.211. The van der Waals surface area contributed by atoms with Gasteiger partial charge in [-0.1, -0.05) is 59.8 Å². The minimum atomic E-state index is -3.99. The summed E-state index contributed by atoms with van der Waals surface area (Å²) in [6.45, 7) is 1.65. The van der Waals surface area contributed by atoms with E-state index in [1.54, 1.807) is 42.1 Å². The molecule has 0 atom stereocenters. The van der Waals surface area contributed by atoms with Crippen molar-refractivity contribution in [1.29, 1.82) is 0 Å². The molecule has 1 heterocycles. The molecule has 158 valence electrons. The highest BCUT2D eigenvalue weighted by atomic mass is 35.5. The Hall–Kier alpha value is -2.14. The van der Waals surface area contributed by atoms with Crippen molar-refractivity contribution in [3.63, 3.8) is 0 Å². The van der Waals surface area contributed by atoms with E-state index in [0.29, 0.717) is 15.8 Å². The molecular weight excluding hydrogens is 464 g/mol. The summed E-state index contributed by atoms with van der Waals surface area (Å²) in [7, 11) is -3.99. The van der Waals surface area contributed by atoms with Crippen LogP contribution in [0, 0.1) is 0 Å². The van der Waals surface area contributed by atoms with Gasteiger partial charge in [0, 0.05) is 10.8 Å². The average molecular weight is 483 g/mol. The normalized spacial score (nSPS) is 11.3. The van der Waals surface area contributed by atoms with Gasteiger partial charge in [-0.25, -0.2) is 8.42 Å². The van der Waals surface area contributed by atoms with Crippen LogP contribution in [-0.2, 0) is 14.8 Å². The number of hydrogen-bond donors (Lipinski definition) is 1. The molecule has 0 aliphatic rings. The molecule has 3 aromatic rings. The highest BCUT2D eigenvalue weighted by Gasteiger charge is 2.27. The van der Waals surface area contributed by atoms with Crippen molar-refractivity contribution in [3.05, 3.63) is 59.6 Å². The van der Waals surface area contributed by atoms with Gasteiger partial charge in [-0.3, -0.25) is 14.4 Å². The van der Waals surface area contributed by atoms with Gasteiger partial charge in [0.1, 0.15) is 6.54 Å². The van der Waals surface area contributed by atoms with Gasteiger partial charge >= 0.3 is 0 Å². The van der Waals surface area contributed by atoms with Crippen molar-refractivity contribution < 1.29 is 13.2 Å². The Kier molecular flexibility index (Phi) is 7.70. The first-order chi connectivity index (χ1) is 14.4. The van der Waals surface area contributed by atoms with Gasteiger partial charge in [-0.15, -0.1) is 10.2 Å². The third kappa shape index (κ3) is 5.72. The van der Waals surface area contributed by atoms with Gasteiger partial charge in [-0.2, -0.15) is 0 Å². The van der Waals surface area contributed by atoms with E-state index in [9.17, 15) is 13.2 Å². The van der Waals surface area contributed by atoms with E-state index in [4.69, 9.17) is 11.6 Å². The van der Waals surface area contributed by atoms with Crippen molar-refractivity contribution in [2.75, 3.05) is 21.9 Å².